The molecule has 2 aliphatic heterocycles. The third-order valence-corrected chi connectivity index (χ3v) is 7.01. The van der Waals surface area contributed by atoms with Crippen molar-refractivity contribution in [3.63, 3.8) is 0 Å². The van der Waals surface area contributed by atoms with Crippen molar-refractivity contribution in [2.75, 3.05) is 18.1 Å². The number of thioether (sulfide) groups is 1. The van der Waals surface area contributed by atoms with Crippen molar-refractivity contribution in [2.45, 2.75) is 82.3 Å². The Bertz CT molecular complexity index is 301. The molecule has 0 aromatic rings. The van der Waals surface area contributed by atoms with Crippen molar-refractivity contribution in [3.8, 4) is 0 Å². The van der Waals surface area contributed by atoms with Gasteiger partial charge in [-0.25, -0.2) is 0 Å². The van der Waals surface area contributed by atoms with Gasteiger partial charge in [-0.15, -0.1) is 0 Å². The minimum absolute atomic E-state index is 0.0801. The van der Waals surface area contributed by atoms with Crippen LogP contribution in [0.3, 0.4) is 0 Å². The summed E-state index contributed by atoms with van der Waals surface area (Å²) in [6.45, 7) is 0.872. The molecule has 2 saturated heterocycles. The Balaban J connectivity index is 1.52. The molecule has 0 radical (unpaired) electrons. The largest absolute Gasteiger partial charge is 0.393 e. The van der Waals surface area contributed by atoms with Crippen molar-refractivity contribution >= 4 is 11.8 Å². The van der Waals surface area contributed by atoms with Gasteiger partial charge >= 0.3 is 0 Å². The summed E-state index contributed by atoms with van der Waals surface area (Å²) in [4.78, 5) is 0. The van der Waals surface area contributed by atoms with Crippen molar-refractivity contribution in [3.05, 3.63) is 0 Å². The lowest BCUT2D eigenvalue weighted by Crippen LogP contribution is -2.45. The lowest BCUT2D eigenvalue weighted by Gasteiger charge is -2.44. The lowest BCUT2D eigenvalue weighted by atomic mass is 9.77. The second kappa shape index (κ2) is 7.70. The number of rotatable bonds is 3. The van der Waals surface area contributed by atoms with Crippen molar-refractivity contribution in [1.29, 1.82) is 0 Å². The van der Waals surface area contributed by atoms with E-state index in [0.29, 0.717) is 5.92 Å². The van der Waals surface area contributed by atoms with E-state index in [-0.39, 0.29) is 11.7 Å². The predicted octanol–water partition coefficient (Wildman–Crippen LogP) is 4.40. The van der Waals surface area contributed by atoms with Gasteiger partial charge in [0.1, 0.15) is 0 Å². The van der Waals surface area contributed by atoms with Gasteiger partial charge in [0.15, 0.2) is 0 Å². The number of hydrogen-bond donors (Lipinski definition) is 1. The second-order valence-electron chi connectivity index (χ2n) is 7.56. The summed E-state index contributed by atoms with van der Waals surface area (Å²) >= 11 is 2.06. The Morgan fingerprint density at radius 1 is 1.05 bits per heavy atom. The van der Waals surface area contributed by atoms with Crippen LogP contribution in [0.1, 0.15) is 70.6 Å². The molecule has 0 aromatic heterocycles. The van der Waals surface area contributed by atoms with E-state index in [4.69, 9.17) is 4.74 Å². The summed E-state index contributed by atoms with van der Waals surface area (Å²) in [5, 5.41) is 10.8. The number of aliphatic hydroxyl groups is 1. The molecule has 3 heteroatoms. The first-order chi connectivity index (χ1) is 10.3. The first-order valence-electron chi connectivity index (χ1n) is 9.17. The molecule has 0 amide bonds. The van der Waals surface area contributed by atoms with Crippen LogP contribution in [0.4, 0.5) is 0 Å². The van der Waals surface area contributed by atoms with E-state index < -0.39 is 0 Å². The fraction of sp³-hybridized carbons (Fsp3) is 1.00. The highest BCUT2D eigenvalue weighted by molar-refractivity contribution is 7.99. The van der Waals surface area contributed by atoms with E-state index in [1.165, 1.54) is 62.9 Å². The van der Waals surface area contributed by atoms with E-state index in [2.05, 4.69) is 11.8 Å². The molecule has 3 aliphatic rings. The zero-order valence-corrected chi connectivity index (χ0v) is 14.2. The van der Waals surface area contributed by atoms with Crippen LogP contribution in [-0.2, 0) is 4.74 Å². The second-order valence-corrected chi connectivity index (χ2v) is 8.78. The fourth-order valence-electron chi connectivity index (χ4n) is 4.62. The van der Waals surface area contributed by atoms with E-state index >= 15 is 0 Å². The number of aliphatic hydroxyl groups excluding tert-OH is 1. The standard InChI is InChI=1S/C18H32O2S/c19-17(13-15-5-3-1-2-4-6-15)16-7-10-20-18(14-16)8-11-21-12-9-18/h15-17,19H,1-14H2. The molecule has 3 fully saturated rings. The van der Waals surface area contributed by atoms with Gasteiger partial charge in [0, 0.05) is 6.61 Å². The summed E-state index contributed by atoms with van der Waals surface area (Å²) in [6, 6.07) is 0. The Hall–Kier alpha value is 0.270. The average molecular weight is 313 g/mol. The molecule has 122 valence electrons. The number of hydrogen-bond acceptors (Lipinski definition) is 3. The third kappa shape index (κ3) is 4.39. The minimum Gasteiger partial charge on any atom is -0.393 e. The van der Waals surface area contributed by atoms with Crippen molar-refractivity contribution < 1.29 is 9.84 Å². The molecule has 1 spiro atoms. The fourth-order valence-corrected chi connectivity index (χ4v) is 5.86. The molecular weight excluding hydrogens is 280 g/mol. The minimum atomic E-state index is -0.0801. The Kier molecular flexibility index (Phi) is 5.92. The highest BCUT2D eigenvalue weighted by Gasteiger charge is 2.41. The van der Waals surface area contributed by atoms with Gasteiger partial charge < -0.3 is 9.84 Å². The molecule has 2 heterocycles. The molecule has 3 rings (SSSR count). The molecule has 2 atom stereocenters. The van der Waals surface area contributed by atoms with Crippen LogP contribution >= 0.6 is 11.8 Å². The van der Waals surface area contributed by atoms with Gasteiger partial charge in [0.25, 0.3) is 0 Å². The predicted molar refractivity (Wildman–Crippen MR) is 89.8 cm³/mol. The van der Waals surface area contributed by atoms with E-state index in [1.807, 2.05) is 0 Å². The van der Waals surface area contributed by atoms with Gasteiger partial charge in [-0.2, -0.15) is 11.8 Å². The molecule has 0 aromatic carbocycles. The topological polar surface area (TPSA) is 29.5 Å². The van der Waals surface area contributed by atoms with Crippen LogP contribution in [0.2, 0.25) is 0 Å². The molecule has 2 unspecified atom stereocenters. The van der Waals surface area contributed by atoms with Gasteiger partial charge in [-0.05, 0) is 55.4 Å². The summed E-state index contributed by atoms with van der Waals surface area (Å²) < 4.78 is 6.17. The van der Waals surface area contributed by atoms with Crippen LogP contribution < -0.4 is 0 Å². The smallest absolute Gasteiger partial charge is 0.0701 e. The Morgan fingerprint density at radius 2 is 1.76 bits per heavy atom. The van der Waals surface area contributed by atoms with Crippen LogP contribution in [-0.4, -0.2) is 34.9 Å². The summed E-state index contributed by atoms with van der Waals surface area (Å²) in [5.74, 6) is 3.75. The highest BCUT2D eigenvalue weighted by atomic mass is 32.2. The zero-order valence-electron chi connectivity index (χ0n) is 13.4. The zero-order chi connectivity index (χ0) is 14.5. The average Bonchev–Trinajstić information content (AvgIpc) is 2.77. The summed E-state index contributed by atoms with van der Waals surface area (Å²) in [7, 11) is 0. The molecule has 21 heavy (non-hydrogen) atoms. The molecular formula is C18H32O2S. The Labute approximate surface area is 134 Å². The van der Waals surface area contributed by atoms with E-state index in [0.717, 1.165) is 31.8 Å². The van der Waals surface area contributed by atoms with Gasteiger partial charge in [-0.1, -0.05) is 38.5 Å². The SMILES string of the molecule is OC(CC1CCCCCC1)C1CCOC2(CCSCC2)C1. The normalized spacial score (nSPS) is 32.7. The van der Waals surface area contributed by atoms with Crippen LogP contribution in [0, 0.1) is 11.8 Å². The van der Waals surface area contributed by atoms with E-state index in [1.54, 1.807) is 0 Å². The molecule has 1 N–H and O–H groups in total. The lowest BCUT2D eigenvalue weighted by molar-refractivity contribution is -0.122. The first-order valence-corrected chi connectivity index (χ1v) is 10.3. The third-order valence-electron chi connectivity index (χ3n) is 6.03. The summed E-state index contributed by atoms with van der Waals surface area (Å²) in [6.07, 6.45) is 13.8. The maximum absolute atomic E-state index is 10.8. The number of ether oxygens (including phenoxy) is 1. The molecule has 1 aliphatic carbocycles. The van der Waals surface area contributed by atoms with Gasteiger partial charge in [-0.3, -0.25) is 0 Å². The van der Waals surface area contributed by atoms with E-state index in [9.17, 15) is 5.11 Å². The molecule has 1 saturated carbocycles. The van der Waals surface area contributed by atoms with Gasteiger partial charge in [0.05, 0.1) is 11.7 Å². The van der Waals surface area contributed by atoms with Crippen LogP contribution in [0.15, 0.2) is 0 Å². The van der Waals surface area contributed by atoms with Crippen molar-refractivity contribution in [1.82, 2.24) is 0 Å². The van der Waals surface area contributed by atoms with Gasteiger partial charge in [0.2, 0.25) is 0 Å². The molecule has 2 nitrogen and oxygen atoms in total. The first kappa shape index (κ1) is 16.1. The Morgan fingerprint density at radius 3 is 2.48 bits per heavy atom. The maximum atomic E-state index is 10.8. The molecule has 0 bridgehead atoms. The quantitative estimate of drug-likeness (QED) is 0.783. The van der Waals surface area contributed by atoms with Crippen molar-refractivity contribution in [2.24, 2.45) is 11.8 Å². The highest BCUT2D eigenvalue weighted by Crippen LogP contribution is 2.42. The summed E-state index contributed by atoms with van der Waals surface area (Å²) in [5.41, 5.74) is 0.124. The van der Waals surface area contributed by atoms with Crippen LogP contribution in [0.25, 0.3) is 0 Å². The maximum Gasteiger partial charge on any atom is 0.0701 e. The van der Waals surface area contributed by atoms with Crippen LogP contribution in [0.5, 0.6) is 0 Å². The monoisotopic (exact) mass is 312 g/mol.